The van der Waals surface area contributed by atoms with Gasteiger partial charge in [-0.25, -0.2) is 0 Å². The second-order valence-corrected chi connectivity index (χ2v) is 6.26. The fraction of sp³-hybridized carbons (Fsp3) is 0.417. The standard InChI is InChI=1S/C12H15BrN2OS/c1-8-7-17-3-2-15(8)12(16)9-4-10(13)6-11(14)5-9/h4-6,8H,2-3,7,14H2,1H3. The minimum atomic E-state index is 0.0748. The predicted octanol–water partition coefficient (Wildman–Crippen LogP) is 2.61. The van der Waals surface area contributed by atoms with E-state index in [1.165, 1.54) is 0 Å². The molecule has 2 N–H and O–H groups in total. The summed E-state index contributed by atoms with van der Waals surface area (Å²) in [5.41, 5.74) is 7.03. The van der Waals surface area contributed by atoms with Crippen molar-refractivity contribution in [3.8, 4) is 0 Å². The number of amides is 1. The molecule has 0 spiro atoms. The van der Waals surface area contributed by atoms with Gasteiger partial charge in [-0.1, -0.05) is 15.9 Å². The average molecular weight is 315 g/mol. The van der Waals surface area contributed by atoms with Crippen LogP contribution in [0.25, 0.3) is 0 Å². The van der Waals surface area contributed by atoms with Gasteiger partial charge in [0.25, 0.3) is 5.91 Å². The molecule has 0 radical (unpaired) electrons. The molecule has 0 bridgehead atoms. The maximum absolute atomic E-state index is 12.4. The molecule has 1 atom stereocenters. The number of nitrogens with two attached hydrogens (primary N) is 1. The molecule has 17 heavy (non-hydrogen) atoms. The molecule has 1 fully saturated rings. The van der Waals surface area contributed by atoms with Gasteiger partial charge in [-0.3, -0.25) is 4.79 Å². The van der Waals surface area contributed by atoms with Crippen molar-refractivity contribution >= 4 is 39.3 Å². The summed E-state index contributed by atoms with van der Waals surface area (Å²) in [6.45, 7) is 2.91. The summed E-state index contributed by atoms with van der Waals surface area (Å²) in [5.74, 6) is 2.10. The molecule has 1 aliphatic heterocycles. The minimum Gasteiger partial charge on any atom is -0.399 e. The number of benzene rings is 1. The van der Waals surface area contributed by atoms with E-state index in [4.69, 9.17) is 5.73 Å². The Balaban J connectivity index is 2.23. The van der Waals surface area contributed by atoms with Crippen molar-refractivity contribution in [3.05, 3.63) is 28.2 Å². The fourth-order valence-corrected chi connectivity index (χ4v) is 3.45. The lowest BCUT2D eigenvalue weighted by atomic mass is 10.1. The summed E-state index contributed by atoms with van der Waals surface area (Å²) in [6, 6.07) is 5.66. The van der Waals surface area contributed by atoms with Crippen LogP contribution < -0.4 is 5.73 Å². The molecule has 1 amide bonds. The Bertz CT molecular complexity index is 418. The topological polar surface area (TPSA) is 46.3 Å². The van der Waals surface area contributed by atoms with E-state index in [-0.39, 0.29) is 5.91 Å². The first-order valence-electron chi connectivity index (χ1n) is 5.52. The molecule has 5 heteroatoms. The highest BCUT2D eigenvalue weighted by atomic mass is 79.9. The Hall–Kier alpha value is -0.680. The largest absolute Gasteiger partial charge is 0.399 e. The quantitative estimate of drug-likeness (QED) is 0.810. The molecule has 3 nitrogen and oxygen atoms in total. The number of halogens is 1. The lowest BCUT2D eigenvalue weighted by Crippen LogP contribution is -2.44. The lowest BCUT2D eigenvalue weighted by Gasteiger charge is -2.33. The van der Waals surface area contributed by atoms with Crippen LogP contribution in [0.2, 0.25) is 0 Å². The van der Waals surface area contributed by atoms with Gasteiger partial charge >= 0.3 is 0 Å². The first-order valence-corrected chi connectivity index (χ1v) is 7.47. The van der Waals surface area contributed by atoms with Crippen molar-refractivity contribution in [2.45, 2.75) is 13.0 Å². The van der Waals surface area contributed by atoms with Crippen molar-refractivity contribution in [1.29, 1.82) is 0 Å². The summed E-state index contributed by atoms with van der Waals surface area (Å²) in [5, 5.41) is 0. The van der Waals surface area contributed by atoms with E-state index in [2.05, 4.69) is 22.9 Å². The van der Waals surface area contributed by atoms with E-state index < -0.39 is 0 Å². The molecule has 1 aromatic carbocycles. The van der Waals surface area contributed by atoms with Crippen LogP contribution in [-0.2, 0) is 0 Å². The fourth-order valence-electron chi connectivity index (χ4n) is 1.93. The summed E-state index contributed by atoms with van der Waals surface area (Å²) in [7, 11) is 0. The van der Waals surface area contributed by atoms with Crippen molar-refractivity contribution in [2.75, 3.05) is 23.8 Å². The first kappa shape index (κ1) is 12.8. The van der Waals surface area contributed by atoms with Gasteiger partial charge in [0.2, 0.25) is 0 Å². The van der Waals surface area contributed by atoms with Gasteiger partial charge in [0.05, 0.1) is 0 Å². The lowest BCUT2D eigenvalue weighted by molar-refractivity contribution is 0.0716. The van der Waals surface area contributed by atoms with Crippen LogP contribution in [0.15, 0.2) is 22.7 Å². The normalized spacial score (nSPS) is 20.4. The maximum atomic E-state index is 12.4. The zero-order valence-electron chi connectivity index (χ0n) is 9.65. The van der Waals surface area contributed by atoms with E-state index in [0.717, 1.165) is 22.5 Å². The van der Waals surface area contributed by atoms with Crippen LogP contribution in [-0.4, -0.2) is 34.9 Å². The van der Waals surface area contributed by atoms with Crippen molar-refractivity contribution in [3.63, 3.8) is 0 Å². The van der Waals surface area contributed by atoms with E-state index in [9.17, 15) is 4.79 Å². The molecule has 2 rings (SSSR count). The molecule has 1 heterocycles. The zero-order valence-corrected chi connectivity index (χ0v) is 12.1. The maximum Gasteiger partial charge on any atom is 0.254 e. The third-order valence-corrected chi connectivity index (χ3v) is 4.44. The van der Waals surface area contributed by atoms with Gasteiger partial charge in [0.15, 0.2) is 0 Å². The number of hydrogen-bond donors (Lipinski definition) is 1. The third-order valence-electron chi connectivity index (χ3n) is 2.80. The van der Waals surface area contributed by atoms with Crippen LogP contribution in [0.3, 0.4) is 0 Å². The molecule has 1 aromatic rings. The SMILES string of the molecule is CC1CSCCN1C(=O)c1cc(N)cc(Br)c1. The van der Waals surface area contributed by atoms with Crippen molar-refractivity contribution in [2.24, 2.45) is 0 Å². The Morgan fingerprint density at radius 2 is 2.29 bits per heavy atom. The van der Waals surface area contributed by atoms with Crippen LogP contribution >= 0.6 is 27.7 Å². The van der Waals surface area contributed by atoms with Gasteiger partial charge < -0.3 is 10.6 Å². The number of thioether (sulfide) groups is 1. The summed E-state index contributed by atoms with van der Waals surface area (Å²) in [4.78, 5) is 14.3. The second kappa shape index (κ2) is 5.31. The predicted molar refractivity (Wildman–Crippen MR) is 76.4 cm³/mol. The number of carbonyl (C=O) groups is 1. The highest BCUT2D eigenvalue weighted by molar-refractivity contribution is 9.10. The number of carbonyl (C=O) groups excluding carboxylic acids is 1. The minimum absolute atomic E-state index is 0.0748. The first-order chi connectivity index (χ1) is 8.08. The van der Waals surface area contributed by atoms with E-state index in [1.54, 1.807) is 12.1 Å². The molecule has 1 saturated heterocycles. The molecule has 92 valence electrons. The molecule has 0 aliphatic carbocycles. The highest BCUT2D eigenvalue weighted by Gasteiger charge is 2.24. The van der Waals surface area contributed by atoms with Crippen molar-refractivity contribution in [1.82, 2.24) is 4.90 Å². The zero-order chi connectivity index (χ0) is 12.4. The Kier molecular flexibility index (Phi) is 3.99. The van der Waals surface area contributed by atoms with Gasteiger partial charge in [-0.05, 0) is 25.1 Å². The number of hydrogen-bond acceptors (Lipinski definition) is 3. The Morgan fingerprint density at radius 3 is 2.94 bits per heavy atom. The number of rotatable bonds is 1. The van der Waals surface area contributed by atoms with E-state index in [0.29, 0.717) is 17.3 Å². The monoisotopic (exact) mass is 314 g/mol. The second-order valence-electron chi connectivity index (χ2n) is 4.20. The number of nitrogens with zero attached hydrogens (tertiary/aromatic N) is 1. The van der Waals surface area contributed by atoms with Gasteiger partial charge in [-0.2, -0.15) is 11.8 Å². The van der Waals surface area contributed by atoms with E-state index in [1.807, 2.05) is 22.7 Å². The molecule has 0 aromatic heterocycles. The van der Waals surface area contributed by atoms with Gasteiger partial charge in [-0.15, -0.1) is 0 Å². The number of nitrogen functional groups attached to an aromatic ring is 1. The highest BCUT2D eigenvalue weighted by Crippen LogP contribution is 2.22. The molecular formula is C12H15BrN2OS. The van der Waals surface area contributed by atoms with Crippen molar-refractivity contribution < 1.29 is 4.79 Å². The summed E-state index contributed by atoms with van der Waals surface area (Å²) < 4.78 is 0.847. The third kappa shape index (κ3) is 2.96. The molecule has 0 saturated carbocycles. The van der Waals surface area contributed by atoms with Gasteiger partial charge in [0.1, 0.15) is 0 Å². The van der Waals surface area contributed by atoms with Crippen LogP contribution in [0.4, 0.5) is 5.69 Å². The Morgan fingerprint density at radius 1 is 1.53 bits per heavy atom. The summed E-state index contributed by atoms with van der Waals surface area (Å²) >= 11 is 5.26. The summed E-state index contributed by atoms with van der Waals surface area (Å²) in [6.07, 6.45) is 0. The van der Waals surface area contributed by atoms with E-state index >= 15 is 0 Å². The van der Waals surface area contributed by atoms with Gasteiger partial charge in [0, 0.05) is 39.8 Å². The Labute approximate surface area is 114 Å². The average Bonchev–Trinajstić information content (AvgIpc) is 2.27. The van der Waals surface area contributed by atoms with Crippen LogP contribution in [0, 0.1) is 0 Å². The smallest absolute Gasteiger partial charge is 0.254 e. The van der Waals surface area contributed by atoms with Crippen LogP contribution in [0.1, 0.15) is 17.3 Å². The van der Waals surface area contributed by atoms with Crippen LogP contribution in [0.5, 0.6) is 0 Å². The molecular weight excluding hydrogens is 300 g/mol. The molecule has 1 aliphatic rings. The number of anilines is 1. The molecule has 1 unspecified atom stereocenters.